The van der Waals surface area contributed by atoms with Crippen molar-refractivity contribution in [1.29, 1.82) is 0 Å². The van der Waals surface area contributed by atoms with Gasteiger partial charge in [-0.15, -0.1) is 0 Å². The van der Waals surface area contributed by atoms with E-state index in [0.29, 0.717) is 7.15 Å². The number of hydrogen-bond acceptors (Lipinski definition) is 3. The predicted octanol–water partition coefficient (Wildman–Crippen LogP) is -0.308. The summed E-state index contributed by atoms with van der Waals surface area (Å²) in [4.78, 5) is 10.5. The van der Waals surface area contributed by atoms with Crippen molar-refractivity contribution in [3.8, 4) is 0 Å². The second-order valence-electron chi connectivity index (χ2n) is 2.63. The first-order valence-electron chi connectivity index (χ1n) is 3.49. The molecule has 0 fully saturated rings. The van der Waals surface area contributed by atoms with Crippen LogP contribution in [0.5, 0.6) is 0 Å². The van der Waals surface area contributed by atoms with Crippen LogP contribution in [-0.2, 0) is 9.50 Å². The van der Waals surface area contributed by atoms with Gasteiger partial charge in [0.15, 0.2) is 0 Å². The maximum atomic E-state index is 10.5. The molecule has 1 atom stereocenters. The van der Waals surface area contributed by atoms with Crippen molar-refractivity contribution in [2.75, 3.05) is 6.44 Å². The van der Waals surface area contributed by atoms with Crippen LogP contribution in [0.4, 0.5) is 0 Å². The zero-order chi connectivity index (χ0) is 8.85. The SMILES string of the molecule is CC(C)[C@H](NCB=O)C(=O)O. The Labute approximate surface area is 66.2 Å². The fourth-order valence-electron chi connectivity index (χ4n) is 0.783. The third kappa shape index (κ3) is 3.88. The molecule has 0 spiro atoms. The van der Waals surface area contributed by atoms with Crippen molar-refractivity contribution in [3.05, 3.63) is 0 Å². The molecule has 5 heteroatoms. The molecule has 62 valence electrons. The van der Waals surface area contributed by atoms with Gasteiger partial charge in [0.1, 0.15) is 0 Å². The summed E-state index contributed by atoms with van der Waals surface area (Å²) in [6.07, 6.45) is 0.0924. The number of carbonyl (C=O) groups is 1. The Morgan fingerprint density at radius 1 is 1.64 bits per heavy atom. The Morgan fingerprint density at radius 2 is 2.18 bits per heavy atom. The number of hydrogen-bond donors (Lipinski definition) is 2. The molecule has 0 aromatic carbocycles. The van der Waals surface area contributed by atoms with E-state index < -0.39 is 12.0 Å². The molecular weight excluding hydrogens is 145 g/mol. The molecule has 0 saturated heterocycles. The molecule has 2 N–H and O–H groups in total. The Bertz CT molecular complexity index is 149. The third-order valence-corrected chi connectivity index (χ3v) is 1.35. The summed E-state index contributed by atoms with van der Waals surface area (Å²) in [5, 5.41) is 11.2. The van der Waals surface area contributed by atoms with Crippen LogP contribution in [0.2, 0.25) is 0 Å². The average molecular weight is 157 g/mol. The zero-order valence-corrected chi connectivity index (χ0v) is 6.70. The minimum absolute atomic E-state index is 0.00699. The van der Waals surface area contributed by atoms with Crippen LogP contribution in [0.15, 0.2) is 0 Å². The van der Waals surface area contributed by atoms with E-state index in [4.69, 9.17) is 5.11 Å². The normalized spacial score (nSPS) is 12.6. The molecule has 0 aromatic heterocycles. The third-order valence-electron chi connectivity index (χ3n) is 1.35. The van der Waals surface area contributed by atoms with E-state index in [1.54, 1.807) is 13.8 Å². The summed E-state index contributed by atoms with van der Waals surface area (Å²) in [5.41, 5.74) is 0. The molecule has 11 heavy (non-hydrogen) atoms. The summed E-state index contributed by atoms with van der Waals surface area (Å²) in [5.74, 6) is -0.922. The van der Waals surface area contributed by atoms with Crippen molar-refractivity contribution in [3.63, 3.8) is 0 Å². The number of carboxylic acid groups (broad SMARTS) is 1. The van der Waals surface area contributed by atoms with Gasteiger partial charge in [-0.2, -0.15) is 0 Å². The molecule has 0 aliphatic heterocycles. The number of aliphatic carboxylic acids is 1. The zero-order valence-electron chi connectivity index (χ0n) is 6.70. The summed E-state index contributed by atoms with van der Waals surface area (Å²) >= 11 is 0. The molecule has 0 aliphatic rings. The monoisotopic (exact) mass is 157 g/mol. The quantitative estimate of drug-likeness (QED) is 0.537. The van der Waals surface area contributed by atoms with Gasteiger partial charge in [-0.3, -0.25) is 0 Å². The van der Waals surface area contributed by atoms with Gasteiger partial charge in [0, 0.05) is 0 Å². The van der Waals surface area contributed by atoms with E-state index in [2.05, 4.69) is 5.32 Å². The Morgan fingerprint density at radius 3 is 2.45 bits per heavy atom. The van der Waals surface area contributed by atoms with E-state index in [0.717, 1.165) is 0 Å². The second-order valence-corrected chi connectivity index (χ2v) is 2.63. The Hall–Kier alpha value is -0.705. The average Bonchev–Trinajstić information content (AvgIpc) is 1.87. The fourth-order valence-corrected chi connectivity index (χ4v) is 0.783. The van der Waals surface area contributed by atoms with Gasteiger partial charge in [0.25, 0.3) is 0 Å². The topological polar surface area (TPSA) is 66.4 Å². The summed E-state index contributed by atoms with van der Waals surface area (Å²) in [7, 11) is 0.651. The van der Waals surface area contributed by atoms with E-state index in [-0.39, 0.29) is 12.4 Å². The van der Waals surface area contributed by atoms with Crippen molar-refractivity contribution in [2.24, 2.45) is 5.92 Å². The molecule has 0 aliphatic carbocycles. The first kappa shape index (κ1) is 10.3. The molecule has 0 saturated carbocycles. The minimum atomic E-state index is -0.915. The molecule has 0 rings (SSSR count). The number of nitrogens with one attached hydrogen (secondary N) is 1. The first-order valence-corrected chi connectivity index (χ1v) is 3.49. The van der Waals surface area contributed by atoms with Gasteiger partial charge >= 0.3 is 65.3 Å². The van der Waals surface area contributed by atoms with Gasteiger partial charge in [0.05, 0.1) is 0 Å². The van der Waals surface area contributed by atoms with Crippen molar-refractivity contribution in [1.82, 2.24) is 5.32 Å². The van der Waals surface area contributed by atoms with Crippen molar-refractivity contribution in [2.45, 2.75) is 19.9 Å². The van der Waals surface area contributed by atoms with Crippen LogP contribution in [0.25, 0.3) is 0 Å². The molecule has 0 heterocycles. The van der Waals surface area contributed by atoms with E-state index >= 15 is 0 Å². The maximum absolute atomic E-state index is 10.5. The summed E-state index contributed by atoms with van der Waals surface area (Å²) < 4.78 is 9.90. The molecule has 0 aromatic rings. The fraction of sp³-hybridized carbons (Fsp3) is 0.833. The molecule has 0 bridgehead atoms. The van der Waals surface area contributed by atoms with Gasteiger partial charge in [-0.05, 0) is 0 Å². The van der Waals surface area contributed by atoms with Crippen LogP contribution in [-0.4, -0.2) is 30.7 Å². The van der Waals surface area contributed by atoms with Crippen LogP contribution in [0, 0.1) is 5.92 Å². The Balaban J connectivity index is 3.89. The van der Waals surface area contributed by atoms with Crippen LogP contribution in [0.3, 0.4) is 0 Å². The van der Waals surface area contributed by atoms with Crippen LogP contribution >= 0.6 is 0 Å². The van der Waals surface area contributed by atoms with Crippen LogP contribution in [0.1, 0.15) is 13.8 Å². The van der Waals surface area contributed by atoms with E-state index in [9.17, 15) is 9.50 Å². The molecule has 4 nitrogen and oxygen atoms in total. The summed E-state index contributed by atoms with van der Waals surface area (Å²) in [6, 6.07) is -0.625. The Kier molecular flexibility index (Phi) is 4.69. The van der Waals surface area contributed by atoms with Gasteiger partial charge < -0.3 is 0 Å². The standard InChI is InChI=1S/C6H12BNO3/c1-4(2)5(6(9)10)8-3-7-11/h4-5,8H,3H2,1-2H3,(H,9,10)/t5-/m0/s1. The van der Waals surface area contributed by atoms with Crippen molar-refractivity contribution >= 4 is 13.1 Å². The molecule has 0 unspecified atom stereocenters. The van der Waals surface area contributed by atoms with E-state index in [1.165, 1.54) is 0 Å². The van der Waals surface area contributed by atoms with Gasteiger partial charge in [0.2, 0.25) is 0 Å². The molecule has 0 amide bonds. The van der Waals surface area contributed by atoms with Crippen LogP contribution < -0.4 is 5.32 Å². The second kappa shape index (κ2) is 5.01. The van der Waals surface area contributed by atoms with Gasteiger partial charge in [-0.25, -0.2) is 0 Å². The molecule has 0 radical (unpaired) electrons. The van der Waals surface area contributed by atoms with Crippen molar-refractivity contribution < 1.29 is 14.6 Å². The number of rotatable bonds is 5. The summed E-state index contributed by atoms with van der Waals surface area (Å²) in [6.45, 7) is 3.58. The predicted molar refractivity (Wildman–Crippen MR) is 40.7 cm³/mol. The van der Waals surface area contributed by atoms with Gasteiger partial charge in [-0.1, -0.05) is 0 Å². The first-order chi connectivity index (χ1) is 5.09. The van der Waals surface area contributed by atoms with E-state index in [1.807, 2.05) is 0 Å². The molecular formula is C6H12BNO3. The number of carboxylic acids is 1.